The molecule has 1 aromatic carbocycles. The summed E-state index contributed by atoms with van der Waals surface area (Å²) in [6.45, 7) is 1.10. The van der Waals surface area contributed by atoms with Crippen molar-refractivity contribution in [2.24, 2.45) is 0 Å². The van der Waals surface area contributed by atoms with Gasteiger partial charge in [-0.15, -0.1) is 11.8 Å². The summed E-state index contributed by atoms with van der Waals surface area (Å²) in [6, 6.07) is 5.98. The Bertz CT molecular complexity index is 406. The summed E-state index contributed by atoms with van der Waals surface area (Å²) in [5, 5.41) is 2.84. The van der Waals surface area contributed by atoms with Gasteiger partial charge in [-0.05, 0) is 42.4 Å². The van der Waals surface area contributed by atoms with Crippen LogP contribution in [0.3, 0.4) is 0 Å². The van der Waals surface area contributed by atoms with E-state index >= 15 is 0 Å². The fourth-order valence-electron chi connectivity index (χ4n) is 1.87. The third-order valence-electron chi connectivity index (χ3n) is 2.76. The fourth-order valence-corrected chi connectivity index (χ4v) is 2.89. The molecule has 0 bridgehead atoms. The van der Waals surface area contributed by atoms with E-state index in [1.54, 1.807) is 7.11 Å². The molecule has 0 aliphatic carbocycles. The number of amides is 1. The van der Waals surface area contributed by atoms with Gasteiger partial charge in [0.15, 0.2) is 0 Å². The zero-order valence-electron chi connectivity index (χ0n) is 9.99. The third-order valence-corrected chi connectivity index (χ3v) is 3.96. The van der Waals surface area contributed by atoms with Crippen LogP contribution < -0.4 is 5.32 Å². The number of hydrogen-bond acceptors (Lipinski definition) is 3. The first-order valence-corrected chi connectivity index (χ1v) is 6.82. The molecule has 0 aromatic heterocycles. The van der Waals surface area contributed by atoms with Gasteiger partial charge in [0.25, 0.3) is 5.91 Å². The Morgan fingerprint density at radius 3 is 3.24 bits per heavy atom. The highest BCUT2D eigenvalue weighted by atomic mass is 32.2. The molecule has 1 aliphatic rings. The molecule has 0 unspecified atom stereocenters. The zero-order chi connectivity index (χ0) is 12.1. The number of ether oxygens (including phenoxy) is 1. The molecule has 0 saturated heterocycles. The molecular weight excluding hydrogens is 234 g/mol. The van der Waals surface area contributed by atoms with E-state index < -0.39 is 0 Å². The van der Waals surface area contributed by atoms with Gasteiger partial charge in [-0.1, -0.05) is 0 Å². The molecule has 1 aromatic rings. The highest BCUT2D eigenvalue weighted by Gasteiger charge is 2.12. The van der Waals surface area contributed by atoms with Gasteiger partial charge in [-0.3, -0.25) is 4.79 Å². The lowest BCUT2D eigenvalue weighted by Gasteiger charge is -2.15. The molecule has 3 nitrogen and oxygen atoms in total. The zero-order valence-corrected chi connectivity index (χ0v) is 10.8. The van der Waals surface area contributed by atoms with E-state index in [-0.39, 0.29) is 5.91 Å². The lowest BCUT2D eigenvalue weighted by Crippen LogP contribution is -2.27. The van der Waals surface area contributed by atoms with Crippen LogP contribution in [0.5, 0.6) is 0 Å². The maximum absolute atomic E-state index is 11.8. The molecule has 1 aliphatic heterocycles. The second-order valence-corrected chi connectivity index (χ2v) is 5.16. The highest BCUT2D eigenvalue weighted by molar-refractivity contribution is 7.99. The number of carbonyl (C=O) groups is 1. The second kappa shape index (κ2) is 6.07. The molecule has 0 radical (unpaired) electrons. The largest absolute Gasteiger partial charge is 0.383 e. The number of fused-ring (bicyclic) bond motifs is 1. The lowest BCUT2D eigenvalue weighted by molar-refractivity contribution is 0.0937. The van der Waals surface area contributed by atoms with Crippen LogP contribution in [0.15, 0.2) is 23.1 Å². The molecule has 2 rings (SSSR count). The summed E-state index contributed by atoms with van der Waals surface area (Å²) in [5.74, 6) is 1.17. The Balaban J connectivity index is 2.03. The number of methoxy groups -OCH3 is 1. The van der Waals surface area contributed by atoms with Crippen LogP contribution in [0.2, 0.25) is 0 Å². The van der Waals surface area contributed by atoms with Gasteiger partial charge in [-0.25, -0.2) is 0 Å². The molecule has 0 fully saturated rings. The predicted molar refractivity (Wildman–Crippen MR) is 69.7 cm³/mol. The van der Waals surface area contributed by atoms with E-state index in [2.05, 4.69) is 11.4 Å². The van der Waals surface area contributed by atoms with Crippen molar-refractivity contribution in [2.45, 2.75) is 17.7 Å². The topological polar surface area (TPSA) is 38.3 Å². The monoisotopic (exact) mass is 251 g/mol. The van der Waals surface area contributed by atoms with E-state index in [0.717, 1.165) is 12.0 Å². The fraction of sp³-hybridized carbons (Fsp3) is 0.462. The molecule has 0 atom stereocenters. The molecule has 1 amide bonds. The third kappa shape index (κ3) is 3.23. The SMILES string of the molecule is COCCNC(=O)c1ccc2c(c1)CCCS2. The van der Waals surface area contributed by atoms with Gasteiger partial charge in [0, 0.05) is 24.1 Å². The van der Waals surface area contributed by atoms with E-state index in [9.17, 15) is 4.79 Å². The van der Waals surface area contributed by atoms with Crippen LogP contribution in [0.1, 0.15) is 22.3 Å². The van der Waals surface area contributed by atoms with Crippen LogP contribution in [-0.2, 0) is 11.2 Å². The number of carbonyl (C=O) groups excluding carboxylic acids is 1. The Morgan fingerprint density at radius 2 is 2.41 bits per heavy atom. The molecule has 1 heterocycles. The van der Waals surface area contributed by atoms with Crippen LogP contribution in [0, 0.1) is 0 Å². The first-order chi connectivity index (χ1) is 8.31. The van der Waals surface area contributed by atoms with E-state index in [0.29, 0.717) is 13.2 Å². The van der Waals surface area contributed by atoms with Crippen molar-refractivity contribution in [3.8, 4) is 0 Å². The van der Waals surface area contributed by atoms with Crippen molar-refractivity contribution in [3.63, 3.8) is 0 Å². The van der Waals surface area contributed by atoms with Gasteiger partial charge < -0.3 is 10.1 Å². The van der Waals surface area contributed by atoms with Crippen LogP contribution in [0.25, 0.3) is 0 Å². The number of benzene rings is 1. The van der Waals surface area contributed by atoms with E-state index in [4.69, 9.17) is 4.74 Å². The minimum absolute atomic E-state index is 0.0135. The van der Waals surface area contributed by atoms with E-state index in [1.165, 1.54) is 22.6 Å². The molecule has 1 N–H and O–H groups in total. The average molecular weight is 251 g/mol. The Hall–Kier alpha value is -1.00. The minimum Gasteiger partial charge on any atom is -0.383 e. The standard InChI is InChI=1S/C13H17NO2S/c1-16-7-6-14-13(15)11-4-5-12-10(9-11)3-2-8-17-12/h4-5,9H,2-3,6-8H2,1H3,(H,14,15). The Kier molecular flexibility index (Phi) is 4.45. The second-order valence-electron chi connectivity index (χ2n) is 4.02. The first kappa shape index (κ1) is 12.5. The maximum Gasteiger partial charge on any atom is 0.251 e. The maximum atomic E-state index is 11.8. The summed E-state index contributed by atoms with van der Waals surface area (Å²) in [7, 11) is 1.63. The highest BCUT2D eigenvalue weighted by Crippen LogP contribution is 2.30. The Morgan fingerprint density at radius 1 is 1.53 bits per heavy atom. The summed E-state index contributed by atoms with van der Waals surface area (Å²) >= 11 is 1.88. The number of hydrogen-bond donors (Lipinski definition) is 1. The molecule has 0 saturated carbocycles. The number of nitrogens with one attached hydrogen (secondary N) is 1. The van der Waals surface area contributed by atoms with Gasteiger partial charge >= 0.3 is 0 Å². The molecule has 92 valence electrons. The van der Waals surface area contributed by atoms with Gasteiger partial charge in [0.1, 0.15) is 0 Å². The minimum atomic E-state index is -0.0135. The number of thioether (sulfide) groups is 1. The molecule has 17 heavy (non-hydrogen) atoms. The number of rotatable bonds is 4. The van der Waals surface area contributed by atoms with Crippen molar-refractivity contribution in [2.75, 3.05) is 26.0 Å². The van der Waals surface area contributed by atoms with Crippen LogP contribution in [0.4, 0.5) is 0 Å². The van der Waals surface area contributed by atoms with Crippen molar-refractivity contribution in [3.05, 3.63) is 29.3 Å². The van der Waals surface area contributed by atoms with Crippen molar-refractivity contribution in [1.29, 1.82) is 0 Å². The normalized spacial score (nSPS) is 14.2. The lowest BCUT2D eigenvalue weighted by atomic mass is 10.1. The van der Waals surface area contributed by atoms with Crippen molar-refractivity contribution < 1.29 is 9.53 Å². The summed E-state index contributed by atoms with van der Waals surface area (Å²) in [6.07, 6.45) is 2.29. The van der Waals surface area contributed by atoms with Crippen LogP contribution in [-0.4, -0.2) is 31.9 Å². The number of aryl methyl sites for hydroxylation is 1. The molecular formula is C13H17NO2S. The van der Waals surface area contributed by atoms with Gasteiger partial charge in [0.05, 0.1) is 6.61 Å². The van der Waals surface area contributed by atoms with Gasteiger partial charge in [-0.2, -0.15) is 0 Å². The summed E-state index contributed by atoms with van der Waals surface area (Å²) < 4.78 is 4.90. The van der Waals surface area contributed by atoms with Crippen LogP contribution >= 0.6 is 11.8 Å². The Labute approximate surface area is 106 Å². The molecule has 0 spiro atoms. The quantitative estimate of drug-likeness (QED) is 0.833. The summed E-state index contributed by atoms with van der Waals surface area (Å²) in [5.41, 5.74) is 2.06. The predicted octanol–water partition coefficient (Wildman–Crippen LogP) is 2.10. The van der Waals surface area contributed by atoms with Gasteiger partial charge in [0.2, 0.25) is 0 Å². The van der Waals surface area contributed by atoms with Crippen molar-refractivity contribution >= 4 is 17.7 Å². The molecule has 4 heteroatoms. The first-order valence-electron chi connectivity index (χ1n) is 5.84. The summed E-state index contributed by atoms with van der Waals surface area (Å²) in [4.78, 5) is 13.2. The smallest absolute Gasteiger partial charge is 0.251 e. The van der Waals surface area contributed by atoms with E-state index in [1.807, 2.05) is 23.9 Å². The van der Waals surface area contributed by atoms with Crippen molar-refractivity contribution in [1.82, 2.24) is 5.32 Å². The average Bonchev–Trinajstić information content (AvgIpc) is 2.38.